The molecule has 0 fully saturated rings. The van der Waals surface area contributed by atoms with Gasteiger partial charge in [-0.25, -0.2) is 0 Å². The number of amides is 1. The number of fused-ring (bicyclic) bond motifs is 1. The number of benzene rings is 2. The van der Waals surface area contributed by atoms with Gasteiger partial charge >= 0.3 is 0 Å². The quantitative estimate of drug-likeness (QED) is 0.831. The van der Waals surface area contributed by atoms with Gasteiger partial charge in [0.1, 0.15) is 11.8 Å². The van der Waals surface area contributed by atoms with Gasteiger partial charge in [0.05, 0.1) is 5.69 Å². The fraction of sp³-hybridized carbons (Fsp3) is 0.176. The van der Waals surface area contributed by atoms with E-state index in [1.807, 2.05) is 30.3 Å². The molecule has 1 atom stereocenters. The highest BCUT2D eigenvalue weighted by Crippen LogP contribution is 2.26. The lowest BCUT2D eigenvalue weighted by molar-refractivity contribution is -0.116. The number of phenols is 1. The minimum atomic E-state index is -0.446. The Hall–Kier alpha value is -2.62. The Kier molecular flexibility index (Phi) is 3.44. The number of phenolic OH excluding ortho intramolecular Hbond substituents is 1. The van der Waals surface area contributed by atoms with Crippen LogP contribution in [0.2, 0.25) is 0 Å². The lowest BCUT2D eigenvalue weighted by Gasteiger charge is -2.10. The van der Waals surface area contributed by atoms with Gasteiger partial charge in [-0.05, 0) is 30.7 Å². The third kappa shape index (κ3) is 2.79. The van der Waals surface area contributed by atoms with E-state index in [1.54, 1.807) is 25.1 Å². The van der Waals surface area contributed by atoms with Gasteiger partial charge in [0, 0.05) is 17.7 Å². The first kappa shape index (κ1) is 13.4. The summed E-state index contributed by atoms with van der Waals surface area (Å²) in [5.41, 5.74) is 3.39. The summed E-state index contributed by atoms with van der Waals surface area (Å²) in [5, 5.41) is 12.6. The molecule has 1 aliphatic heterocycles. The number of aromatic hydroxyl groups is 1. The van der Waals surface area contributed by atoms with Crippen molar-refractivity contribution in [2.75, 3.05) is 5.32 Å². The van der Waals surface area contributed by atoms with Crippen LogP contribution in [-0.4, -0.2) is 22.8 Å². The molecule has 0 bridgehead atoms. The van der Waals surface area contributed by atoms with E-state index >= 15 is 0 Å². The largest absolute Gasteiger partial charge is 0.508 e. The average molecular weight is 280 g/mol. The highest BCUT2D eigenvalue weighted by Gasteiger charge is 2.22. The lowest BCUT2D eigenvalue weighted by Crippen LogP contribution is -2.22. The van der Waals surface area contributed by atoms with E-state index in [0.717, 1.165) is 16.8 Å². The smallest absolute Gasteiger partial charge is 0.248 e. The normalized spacial score (nSPS) is 17.5. The van der Waals surface area contributed by atoms with Crippen LogP contribution in [0.5, 0.6) is 5.75 Å². The van der Waals surface area contributed by atoms with Gasteiger partial charge in [-0.15, -0.1) is 0 Å². The SMILES string of the molecule is C[C@H]1N=C(Cc2ccccc2)c2cc(O)ccc2NC1=O. The van der Waals surface area contributed by atoms with Crippen molar-refractivity contribution < 1.29 is 9.90 Å². The average Bonchev–Trinajstić information content (AvgIpc) is 2.59. The van der Waals surface area contributed by atoms with E-state index in [2.05, 4.69) is 10.3 Å². The van der Waals surface area contributed by atoms with Crippen LogP contribution < -0.4 is 5.32 Å². The van der Waals surface area contributed by atoms with Crippen molar-refractivity contribution in [1.29, 1.82) is 0 Å². The zero-order valence-corrected chi connectivity index (χ0v) is 11.7. The summed E-state index contributed by atoms with van der Waals surface area (Å²) in [7, 11) is 0. The summed E-state index contributed by atoms with van der Waals surface area (Å²) in [5.74, 6) is 0.0308. The molecule has 0 radical (unpaired) electrons. The summed E-state index contributed by atoms with van der Waals surface area (Å²) in [4.78, 5) is 16.5. The Labute approximate surface area is 123 Å². The zero-order valence-electron chi connectivity index (χ0n) is 11.7. The van der Waals surface area contributed by atoms with Gasteiger partial charge in [-0.3, -0.25) is 9.79 Å². The zero-order chi connectivity index (χ0) is 14.8. The Morgan fingerprint density at radius 1 is 1.19 bits per heavy atom. The summed E-state index contributed by atoms with van der Waals surface area (Å²) >= 11 is 0. The molecule has 2 N–H and O–H groups in total. The third-order valence-electron chi connectivity index (χ3n) is 3.52. The highest BCUT2D eigenvalue weighted by molar-refractivity contribution is 6.12. The topological polar surface area (TPSA) is 61.7 Å². The molecule has 0 saturated carbocycles. The number of anilines is 1. The summed E-state index contributed by atoms with van der Waals surface area (Å²) in [6, 6.07) is 14.4. The van der Waals surface area contributed by atoms with Gasteiger partial charge in [0.25, 0.3) is 0 Å². The number of nitrogens with one attached hydrogen (secondary N) is 1. The fourth-order valence-electron chi connectivity index (χ4n) is 2.41. The first-order valence-electron chi connectivity index (χ1n) is 6.88. The number of aliphatic imine (C=N–C) groups is 1. The number of carbonyl (C=O) groups excluding carboxylic acids is 1. The summed E-state index contributed by atoms with van der Waals surface area (Å²) < 4.78 is 0. The molecule has 3 rings (SSSR count). The molecule has 1 heterocycles. The molecule has 0 unspecified atom stereocenters. The van der Waals surface area contributed by atoms with Crippen LogP contribution in [-0.2, 0) is 11.2 Å². The van der Waals surface area contributed by atoms with Crippen molar-refractivity contribution in [3.05, 3.63) is 59.7 Å². The second-order valence-electron chi connectivity index (χ2n) is 5.13. The van der Waals surface area contributed by atoms with E-state index < -0.39 is 6.04 Å². The van der Waals surface area contributed by atoms with Crippen LogP contribution in [0.1, 0.15) is 18.1 Å². The Morgan fingerprint density at radius 3 is 2.71 bits per heavy atom. The number of hydrogen-bond donors (Lipinski definition) is 2. The van der Waals surface area contributed by atoms with Crippen molar-refractivity contribution >= 4 is 17.3 Å². The highest BCUT2D eigenvalue weighted by atomic mass is 16.3. The molecule has 4 heteroatoms. The predicted molar refractivity (Wildman–Crippen MR) is 82.9 cm³/mol. The van der Waals surface area contributed by atoms with Gasteiger partial charge in [-0.1, -0.05) is 30.3 Å². The number of rotatable bonds is 2. The van der Waals surface area contributed by atoms with Crippen molar-refractivity contribution in [1.82, 2.24) is 0 Å². The molecule has 2 aromatic rings. The van der Waals surface area contributed by atoms with Crippen molar-refractivity contribution in [2.45, 2.75) is 19.4 Å². The number of carbonyl (C=O) groups is 1. The Balaban J connectivity index is 2.06. The maximum Gasteiger partial charge on any atom is 0.248 e. The van der Waals surface area contributed by atoms with Crippen molar-refractivity contribution in [3.8, 4) is 5.75 Å². The minimum Gasteiger partial charge on any atom is -0.508 e. The summed E-state index contributed by atoms with van der Waals surface area (Å²) in [6.07, 6.45) is 0.622. The van der Waals surface area contributed by atoms with E-state index in [0.29, 0.717) is 12.1 Å². The maximum atomic E-state index is 12.0. The molecule has 0 saturated heterocycles. The maximum absolute atomic E-state index is 12.0. The number of benzodiazepines with no additional fused rings is 1. The number of nitrogens with zero attached hydrogens (tertiary/aromatic N) is 1. The van der Waals surface area contributed by atoms with Gasteiger partial charge in [0.15, 0.2) is 0 Å². The fourth-order valence-corrected chi connectivity index (χ4v) is 2.41. The molecule has 2 aromatic carbocycles. The molecule has 1 aliphatic rings. The van der Waals surface area contributed by atoms with Gasteiger partial charge in [-0.2, -0.15) is 0 Å². The molecular weight excluding hydrogens is 264 g/mol. The van der Waals surface area contributed by atoms with Crippen molar-refractivity contribution in [3.63, 3.8) is 0 Å². The minimum absolute atomic E-state index is 0.134. The second-order valence-corrected chi connectivity index (χ2v) is 5.13. The van der Waals surface area contributed by atoms with Crippen molar-refractivity contribution in [2.24, 2.45) is 4.99 Å². The lowest BCUT2D eigenvalue weighted by atomic mass is 10.0. The van der Waals surface area contributed by atoms with E-state index in [9.17, 15) is 9.90 Å². The molecule has 21 heavy (non-hydrogen) atoms. The molecule has 106 valence electrons. The first-order valence-corrected chi connectivity index (χ1v) is 6.88. The first-order chi connectivity index (χ1) is 10.1. The second kappa shape index (κ2) is 5.40. The van der Waals surface area contributed by atoms with Gasteiger partial charge < -0.3 is 10.4 Å². The van der Waals surface area contributed by atoms with Crippen LogP contribution in [0.4, 0.5) is 5.69 Å². The standard InChI is InChI=1S/C17H16N2O2/c1-11-17(21)19-15-8-7-13(20)10-14(15)16(18-11)9-12-5-3-2-4-6-12/h2-8,10-11,20H,9H2,1H3,(H,19,21)/t11-/m1/s1. The third-order valence-corrected chi connectivity index (χ3v) is 3.52. The van der Waals surface area contributed by atoms with E-state index in [-0.39, 0.29) is 11.7 Å². The van der Waals surface area contributed by atoms with Crippen LogP contribution in [0.25, 0.3) is 0 Å². The summed E-state index contributed by atoms with van der Waals surface area (Å²) in [6.45, 7) is 1.77. The van der Waals surface area contributed by atoms with E-state index in [4.69, 9.17) is 0 Å². The molecule has 0 aliphatic carbocycles. The Morgan fingerprint density at radius 2 is 1.95 bits per heavy atom. The molecule has 4 nitrogen and oxygen atoms in total. The van der Waals surface area contributed by atoms with Crippen LogP contribution in [0, 0.1) is 0 Å². The molecule has 0 aromatic heterocycles. The van der Waals surface area contributed by atoms with Crippen LogP contribution in [0.3, 0.4) is 0 Å². The monoisotopic (exact) mass is 280 g/mol. The molecule has 1 amide bonds. The molecular formula is C17H16N2O2. The predicted octanol–water partition coefficient (Wildman–Crippen LogP) is 2.76. The number of hydrogen-bond acceptors (Lipinski definition) is 3. The van der Waals surface area contributed by atoms with Crippen LogP contribution >= 0.6 is 0 Å². The van der Waals surface area contributed by atoms with Gasteiger partial charge in [0.2, 0.25) is 5.91 Å². The Bertz CT molecular complexity index is 708. The van der Waals surface area contributed by atoms with Crippen LogP contribution in [0.15, 0.2) is 53.5 Å². The van der Waals surface area contributed by atoms with E-state index in [1.165, 1.54) is 0 Å². The molecule has 0 spiro atoms.